The molecule has 1 heterocycles. The number of aliphatic hydroxyl groups excluding tert-OH is 1. The zero-order valence-corrected chi connectivity index (χ0v) is 12.2. The highest BCUT2D eigenvalue weighted by atomic mass is 32.2. The predicted octanol–water partition coefficient (Wildman–Crippen LogP) is -1.07. The Bertz CT molecular complexity index is 401. The molecule has 1 aliphatic heterocycles. The van der Waals surface area contributed by atoms with Crippen molar-refractivity contribution in [3.05, 3.63) is 0 Å². The van der Waals surface area contributed by atoms with Crippen LogP contribution in [0, 0.1) is 0 Å². The molecule has 0 spiro atoms. The fraction of sp³-hybridized carbons (Fsp3) is 0.909. The van der Waals surface area contributed by atoms with Gasteiger partial charge in [0.1, 0.15) is 0 Å². The summed E-state index contributed by atoms with van der Waals surface area (Å²) in [6, 6.07) is 0. The lowest BCUT2D eigenvalue weighted by atomic mass is 10.1. The molecule has 8 heteroatoms. The normalized spacial score (nSPS) is 18.3. The largest absolute Gasteiger partial charge is 0.394 e. The Balaban J connectivity index is 2.44. The van der Waals surface area contributed by atoms with Crippen molar-refractivity contribution in [1.29, 1.82) is 0 Å². The number of morpholine rings is 1. The third kappa shape index (κ3) is 5.43. The minimum atomic E-state index is -3.41. The van der Waals surface area contributed by atoms with Crippen LogP contribution < -0.4 is 5.32 Å². The number of hydrogen-bond acceptors (Lipinski definition) is 5. The lowest BCUT2D eigenvalue weighted by molar-refractivity contribution is -0.122. The van der Waals surface area contributed by atoms with Crippen molar-refractivity contribution in [2.24, 2.45) is 0 Å². The van der Waals surface area contributed by atoms with Gasteiger partial charge in [0.15, 0.2) is 0 Å². The minimum absolute atomic E-state index is 0.108. The van der Waals surface area contributed by atoms with Crippen LogP contribution >= 0.6 is 0 Å². The van der Waals surface area contributed by atoms with Crippen LogP contribution in [0.3, 0.4) is 0 Å². The summed E-state index contributed by atoms with van der Waals surface area (Å²) < 4.78 is 30.4. The monoisotopic (exact) mass is 294 g/mol. The van der Waals surface area contributed by atoms with Crippen molar-refractivity contribution in [3.63, 3.8) is 0 Å². The number of rotatable bonds is 6. The molecule has 19 heavy (non-hydrogen) atoms. The van der Waals surface area contributed by atoms with Gasteiger partial charge in [-0.15, -0.1) is 0 Å². The van der Waals surface area contributed by atoms with Crippen molar-refractivity contribution in [1.82, 2.24) is 9.62 Å². The number of nitrogens with zero attached hydrogens (tertiary/aromatic N) is 1. The predicted molar refractivity (Wildman–Crippen MR) is 70.1 cm³/mol. The van der Waals surface area contributed by atoms with Crippen molar-refractivity contribution >= 4 is 15.9 Å². The molecular formula is C11H22N2O5S. The van der Waals surface area contributed by atoms with E-state index in [0.717, 1.165) is 0 Å². The summed E-state index contributed by atoms with van der Waals surface area (Å²) in [5.41, 5.74) is -0.736. The van der Waals surface area contributed by atoms with E-state index in [4.69, 9.17) is 9.84 Å². The number of amides is 1. The molecule has 0 unspecified atom stereocenters. The highest BCUT2D eigenvalue weighted by molar-refractivity contribution is 7.89. The van der Waals surface area contributed by atoms with E-state index in [-0.39, 0.29) is 24.7 Å². The van der Waals surface area contributed by atoms with Gasteiger partial charge in [-0.3, -0.25) is 4.79 Å². The molecule has 0 saturated carbocycles. The van der Waals surface area contributed by atoms with Gasteiger partial charge in [0.05, 0.1) is 31.1 Å². The standard InChI is InChI=1S/C11H22N2O5S/c1-11(2,9-14)12-10(15)3-8-19(16,17)13-4-6-18-7-5-13/h14H,3-9H2,1-2H3,(H,12,15). The molecule has 0 aromatic carbocycles. The van der Waals surface area contributed by atoms with Gasteiger partial charge >= 0.3 is 0 Å². The summed E-state index contributed by atoms with van der Waals surface area (Å²) in [6.07, 6.45) is -0.108. The molecule has 7 nitrogen and oxygen atoms in total. The first-order valence-corrected chi connectivity index (χ1v) is 7.85. The first kappa shape index (κ1) is 16.4. The number of sulfonamides is 1. The first-order valence-electron chi connectivity index (χ1n) is 6.24. The second-order valence-corrected chi connectivity index (χ2v) is 7.26. The molecule has 1 rings (SSSR count). The van der Waals surface area contributed by atoms with Crippen molar-refractivity contribution in [3.8, 4) is 0 Å². The molecule has 1 amide bonds. The van der Waals surface area contributed by atoms with E-state index < -0.39 is 15.6 Å². The highest BCUT2D eigenvalue weighted by Crippen LogP contribution is 2.07. The average molecular weight is 294 g/mol. The van der Waals surface area contributed by atoms with E-state index >= 15 is 0 Å². The Hall–Kier alpha value is -0.700. The second kappa shape index (κ2) is 6.65. The summed E-state index contributed by atoms with van der Waals surface area (Å²) in [5.74, 6) is -0.601. The van der Waals surface area contributed by atoms with Gasteiger partial charge in [-0.2, -0.15) is 4.31 Å². The van der Waals surface area contributed by atoms with Gasteiger partial charge in [0.2, 0.25) is 15.9 Å². The quantitative estimate of drug-likeness (QED) is 0.650. The molecule has 0 radical (unpaired) electrons. The zero-order chi connectivity index (χ0) is 14.5. The molecule has 1 saturated heterocycles. The van der Waals surface area contributed by atoms with E-state index in [1.165, 1.54) is 4.31 Å². The van der Waals surface area contributed by atoms with Crippen LogP contribution in [-0.4, -0.2) is 67.9 Å². The summed E-state index contributed by atoms with van der Waals surface area (Å²) >= 11 is 0. The van der Waals surface area contributed by atoms with Crippen LogP contribution in [0.5, 0.6) is 0 Å². The summed E-state index contributed by atoms with van der Waals surface area (Å²) in [5, 5.41) is 11.6. The molecular weight excluding hydrogens is 272 g/mol. The Morgan fingerprint density at radius 1 is 1.37 bits per heavy atom. The van der Waals surface area contributed by atoms with E-state index in [2.05, 4.69) is 5.32 Å². The SMILES string of the molecule is CC(C)(CO)NC(=O)CCS(=O)(=O)N1CCOCC1. The number of hydrogen-bond donors (Lipinski definition) is 2. The summed E-state index contributed by atoms with van der Waals surface area (Å²) in [6.45, 7) is 4.60. The highest BCUT2D eigenvalue weighted by Gasteiger charge is 2.26. The molecule has 112 valence electrons. The Morgan fingerprint density at radius 3 is 2.47 bits per heavy atom. The summed E-state index contributed by atoms with van der Waals surface area (Å²) in [4.78, 5) is 11.6. The van der Waals surface area contributed by atoms with E-state index in [1.54, 1.807) is 13.8 Å². The van der Waals surface area contributed by atoms with Crippen LogP contribution in [0.25, 0.3) is 0 Å². The first-order chi connectivity index (χ1) is 8.77. The molecule has 1 fully saturated rings. The van der Waals surface area contributed by atoms with E-state index in [1.807, 2.05) is 0 Å². The van der Waals surface area contributed by atoms with Crippen LogP contribution in [0.4, 0.5) is 0 Å². The molecule has 1 aliphatic rings. The minimum Gasteiger partial charge on any atom is -0.394 e. The van der Waals surface area contributed by atoms with Gasteiger partial charge in [-0.25, -0.2) is 8.42 Å². The zero-order valence-electron chi connectivity index (χ0n) is 11.4. The molecule has 0 aromatic rings. The Morgan fingerprint density at radius 2 is 1.95 bits per heavy atom. The van der Waals surface area contributed by atoms with Crippen LogP contribution in [-0.2, 0) is 19.6 Å². The Labute approximate surface area is 114 Å². The molecule has 0 atom stereocenters. The van der Waals surface area contributed by atoms with Crippen LogP contribution in [0.1, 0.15) is 20.3 Å². The maximum atomic E-state index is 12.0. The fourth-order valence-electron chi connectivity index (χ4n) is 1.65. The van der Waals surface area contributed by atoms with Gasteiger partial charge in [-0.1, -0.05) is 0 Å². The second-order valence-electron chi connectivity index (χ2n) is 5.17. The fourth-order valence-corrected chi connectivity index (χ4v) is 3.06. The lowest BCUT2D eigenvalue weighted by Crippen LogP contribution is -2.47. The Kier molecular flexibility index (Phi) is 5.72. The molecule has 2 N–H and O–H groups in total. The maximum absolute atomic E-state index is 12.0. The van der Waals surface area contributed by atoms with Crippen LogP contribution in [0.2, 0.25) is 0 Å². The van der Waals surface area contributed by atoms with E-state index in [0.29, 0.717) is 26.3 Å². The van der Waals surface area contributed by atoms with Gasteiger partial charge in [-0.05, 0) is 13.8 Å². The van der Waals surface area contributed by atoms with Gasteiger partial charge < -0.3 is 15.2 Å². The number of ether oxygens (including phenoxy) is 1. The van der Waals surface area contributed by atoms with Crippen molar-refractivity contribution < 1.29 is 23.1 Å². The number of aliphatic hydroxyl groups is 1. The van der Waals surface area contributed by atoms with Crippen molar-refractivity contribution in [2.45, 2.75) is 25.8 Å². The molecule has 0 aliphatic carbocycles. The maximum Gasteiger partial charge on any atom is 0.221 e. The average Bonchev–Trinajstić information content (AvgIpc) is 2.37. The third-order valence-electron chi connectivity index (χ3n) is 2.82. The lowest BCUT2D eigenvalue weighted by Gasteiger charge is -2.26. The smallest absolute Gasteiger partial charge is 0.221 e. The van der Waals surface area contributed by atoms with E-state index in [9.17, 15) is 13.2 Å². The number of carbonyl (C=O) groups excluding carboxylic acids is 1. The molecule has 0 aromatic heterocycles. The number of carbonyl (C=O) groups is 1. The van der Waals surface area contributed by atoms with Crippen molar-refractivity contribution in [2.75, 3.05) is 38.7 Å². The van der Waals surface area contributed by atoms with Gasteiger partial charge in [0, 0.05) is 19.5 Å². The third-order valence-corrected chi connectivity index (χ3v) is 4.70. The molecule has 0 bridgehead atoms. The number of nitrogens with one attached hydrogen (secondary N) is 1. The van der Waals surface area contributed by atoms with Crippen LogP contribution in [0.15, 0.2) is 0 Å². The van der Waals surface area contributed by atoms with Gasteiger partial charge in [0.25, 0.3) is 0 Å². The summed E-state index contributed by atoms with van der Waals surface area (Å²) in [7, 11) is -3.41. The topological polar surface area (TPSA) is 95.9 Å².